The largest absolute Gasteiger partial charge is 0.493 e. The van der Waals surface area contributed by atoms with Crippen LogP contribution in [0.15, 0.2) is 12.3 Å². The van der Waals surface area contributed by atoms with Crippen molar-refractivity contribution in [2.24, 2.45) is 5.92 Å². The van der Waals surface area contributed by atoms with Crippen molar-refractivity contribution < 1.29 is 14.4 Å². The highest BCUT2D eigenvalue weighted by atomic mass is 19.1. The summed E-state index contributed by atoms with van der Waals surface area (Å²) in [5.41, 5.74) is -0.125. The molecule has 5 nitrogen and oxygen atoms in total. The first-order valence-electron chi connectivity index (χ1n) is 6.98. The van der Waals surface area contributed by atoms with Crippen molar-refractivity contribution in [1.82, 2.24) is 10.3 Å². The van der Waals surface area contributed by atoms with Gasteiger partial charge in [-0.2, -0.15) is 0 Å². The van der Waals surface area contributed by atoms with Crippen LogP contribution >= 0.6 is 0 Å². The van der Waals surface area contributed by atoms with Crippen molar-refractivity contribution in [3.8, 4) is 0 Å². The highest BCUT2D eigenvalue weighted by Gasteiger charge is 2.40. The lowest BCUT2D eigenvalue weighted by Crippen LogP contribution is -2.68. The maximum Gasteiger partial charge on any atom is 0.493 e. The summed E-state index contributed by atoms with van der Waals surface area (Å²) < 4.78 is 13.7. The van der Waals surface area contributed by atoms with Gasteiger partial charge in [0.2, 0.25) is 0 Å². The molecule has 2 aliphatic rings. The molecule has 1 aliphatic carbocycles. The summed E-state index contributed by atoms with van der Waals surface area (Å²) in [4.78, 5) is 6.08. The highest BCUT2D eigenvalue weighted by Crippen LogP contribution is 2.31. The molecule has 1 saturated carbocycles. The Bertz CT molecular complexity index is 504. The fourth-order valence-corrected chi connectivity index (χ4v) is 2.58. The van der Waals surface area contributed by atoms with Crippen LogP contribution in [0.2, 0.25) is 0 Å². The maximum absolute atomic E-state index is 13.7. The van der Waals surface area contributed by atoms with Crippen LogP contribution < -0.4 is 15.7 Å². The van der Waals surface area contributed by atoms with Crippen LogP contribution in [0, 0.1) is 11.7 Å². The lowest BCUT2D eigenvalue weighted by atomic mass is 9.81. The van der Waals surface area contributed by atoms with Gasteiger partial charge in [-0.1, -0.05) is 0 Å². The number of halogens is 1. The van der Waals surface area contributed by atoms with E-state index in [1.165, 1.54) is 25.1 Å². The molecule has 3 rings (SSSR count). The zero-order valence-corrected chi connectivity index (χ0v) is 11.5. The second-order valence-electron chi connectivity index (χ2n) is 6.18. The topological polar surface area (TPSA) is 68.6 Å². The van der Waals surface area contributed by atoms with E-state index in [-0.39, 0.29) is 11.0 Å². The fourth-order valence-electron chi connectivity index (χ4n) is 2.58. The van der Waals surface area contributed by atoms with E-state index in [0.717, 1.165) is 25.6 Å². The number of anilines is 1. The number of hydrogen-bond donors (Lipinski definition) is 3. The summed E-state index contributed by atoms with van der Waals surface area (Å²) in [5, 5.41) is 21.5. The quantitative estimate of drug-likeness (QED) is 0.633. The fraction of sp³-hybridized carbons (Fsp3) is 0.615. The SMILES string of the molecule is CC1(NCC2CC2)CN(c2cc(F)c(B(O)O)cn2)C1. The Labute approximate surface area is 118 Å². The molecule has 3 N–H and O–H groups in total. The minimum Gasteiger partial charge on any atom is -0.423 e. The number of nitrogens with one attached hydrogen (secondary N) is 1. The van der Waals surface area contributed by atoms with E-state index >= 15 is 0 Å². The molecule has 0 aromatic carbocycles. The summed E-state index contributed by atoms with van der Waals surface area (Å²) in [5.74, 6) is 0.740. The number of pyridine rings is 1. The zero-order valence-electron chi connectivity index (χ0n) is 11.5. The van der Waals surface area contributed by atoms with Crippen LogP contribution in [-0.4, -0.2) is 47.3 Å². The highest BCUT2D eigenvalue weighted by molar-refractivity contribution is 6.58. The molecule has 1 aliphatic heterocycles. The Morgan fingerprint density at radius 2 is 2.20 bits per heavy atom. The molecular formula is C13H19BFN3O2. The van der Waals surface area contributed by atoms with E-state index < -0.39 is 12.9 Å². The molecule has 1 aromatic rings. The van der Waals surface area contributed by atoms with Gasteiger partial charge in [0.15, 0.2) is 0 Å². The average Bonchev–Trinajstić information content (AvgIpc) is 3.16. The van der Waals surface area contributed by atoms with Crippen molar-refractivity contribution in [3.05, 3.63) is 18.1 Å². The predicted octanol–water partition coefficient (Wildman–Crippen LogP) is -0.521. The molecule has 1 saturated heterocycles. The summed E-state index contributed by atoms with van der Waals surface area (Å²) in [6.07, 6.45) is 3.83. The first-order valence-corrected chi connectivity index (χ1v) is 6.98. The van der Waals surface area contributed by atoms with Gasteiger partial charge in [-0.15, -0.1) is 0 Å². The van der Waals surface area contributed by atoms with Gasteiger partial charge in [0.05, 0.1) is 5.54 Å². The third kappa shape index (κ3) is 2.80. The van der Waals surface area contributed by atoms with Gasteiger partial charge >= 0.3 is 7.12 Å². The number of rotatable bonds is 5. The lowest BCUT2D eigenvalue weighted by molar-refractivity contribution is 0.277. The second kappa shape index (κ2) is 4.98. The van der Waals surface area contributed by atoms with Gasteiger partial charge in [-0.25, -0.2) is 9.37 Å². The number of aromatic nitrogens is 1. The smallest absolute Gasteiger partial charge is 0.423 e. The van der Waals surface area contributed by atoms with Gasteiger partial charge in [-0.05, 0) is 32.2 Å². The van der Waals surface area contributed by atoms with E-state index in [2.05, 4.69) is 17.2 Å². The van der Waals surface area contributed by atoms with E-state index in [4.69, 9.17) is 10.0 Å². The molecular weight excluding hydrogens is 260 g/mol. The van der Waals surface area contributed by atoms with Crippen LogP contribution in [0.5, 0.6) is 0 Å². The van der Waals surface area contributed by atoms with E-state index in [9.17, 15) is 4.39 Å². The molecule has 108 valence electrons. The Hall–Kier alpha value is -1.18. The minimum atomic E-state index is -1.82. The molecule has 0 spiro atoms. The van der Waals surface area contributed by atoms with Crippen LogP contribution in [0.4, 0.5) is 10.2 Å². The van der Waals surface area contributed by atoms with Crippen molar-refractivity contribution in [2.45, 2.75) is 25.3 Å². The second-order valence-corrected chi connectivity index (χ2v) is 6.18. The average molecular weight is 279 g/mol. The summed E-state index contributed by atoms with van der Waals surface area (Å²) >= 11 is 0. The van der Waals surface area contributed by atoms with Gasteiger partial charge in [-0.3, -0.25) is 0 Å². The molecule has 0 bridgehead atoms. The van der Waals surface area contributed by atoms with E-state index in [0.29, 0.717) is 5.82 Å². The lowest BCUT2D eigenvalue weighted by Gasteiger charge is -2.49. The van der Waals surface area contributed by atoms with Crippen molar-refractivity contribution in [3.63, 3.8) is 0 Å². The monoisotopic (exact) mass is 279 g/mol. The molecule has 20 heavy (non-hydrogen) atoms. The third-order valence-corrected chi connectivity index (χ3v) is 4.06. The Morgan fingerprint density at radius 1 is 1.50 bits per heavy atom. The van der Waals surface area contributed by atoms with Crippen LogP contribution in [-0.2, 0) is 0 Å². The predicted molar refractivity (Wildman–Crippen MR) is 75.4 cm³/mol. The van der Waals surface area contributed by atoms with Crippen LogP contribution in [0.1, 0.15) is 19.8 Å². The molecule has 0 radical (unpaired) electrons. The van der Waals surface area contributed by atoms with Gasteiger partial charge in [0.1, 0.15) is 11.6 Å². The van der Waals surface area contributed by atoms with Crippen LogP contribution in [0.3, 0.4) is 0 Å². The van der Waals surface area contributed by atoms with Crippen LogP contribution in [0.25, 0.3) is 0 Å². The molecule has 2 heterocycles. The van der Waals surface area contributed by atoms with Crippen molar-refractivity contribution in [2.75, 3.05) is 24.5 Å². The molecule has 0 unspecified atom stereocenters. The van der Waals surface area contributed by atoms with E-state index in [1.54, 1.807) is 0 Å². The van der Waals surface area contributed by atoms with Gasteiger partial charge < -0.3 is 20.3 Å². The molecule has 0 amide bonds. The summed E-state index contributed by atoms with van der Waals surface area (Å²) in [6, 6.07) is 1.26. The minimum absolute atomic E-state index is 0.0654. The Balaban J connectivity index is 1.59. The summed E-state index contributed by atoms with van der Waals surface area (Å²) in [6.45, 7) is 4.79. The normalized spacial score (nSPS) is 20.7. The van der Waals surface area contributed by atoms with Crippen molar-refractivity contribution in [1.29, 1.82) is 0 Å². The molecule has 7 heteroatoms. The molecule has 0 atom stereocenters. The molecule has 1 aromatic heterocycles. The van der Waals surface area contributed by atoms with Gasteiger partial charge in [0, 0.05) is 30.8 Å². The van der Waals surface area contributed by atoms with Crippen molar-refractivity contribution >= 4 is 18.4 Å². The summed E-state index contributed by atoms with van der Waals surface area (Å²) in [7, 11) is -1.82. The first kappa shape index (κ1) is 13.8. The maximum atomic E-state index is 13.7. The van der Waals surface area contributed by atoms with E-state index in [1.807, 2.05) is 4.90 Å². The van der Waals surface area contributed by atoms with Gasteiger partial charge in [0.25, 0.3) is 0 Å². The number of nitrogens with zero attached hydrogens (tertiary/aromatic N) is 2. The Morgan fingerprint density at radius 3 is 2.75 bits per heavy atom. The first-order chi connectivity index (χ1) is 9.47. The molecule has 2 fully saturated rings. The number of hydrogen-bond acceptors (Lipinski definition) is 5. The zero-order chi connectivity index (χ0) is 14.3. The third-order valence-electron chi connectivity index (χ3n) is 4.06. The standard InChI is InChI=1S/C13H19BFN3O2/c1-13(17-5-9-2-3-9)7-18(8-13)12-4-11(15)10(6-16-12)14(19)20/h4,6,9,17,19-20H,2-3,5,7-8H2,1H3. The Kier molecular flexibility index (Phi) is 3.44.